The van der Waals surface area contributed by atoms with Crippen LogP contribution in [0.1, 0.15) is 39.0 Å². The molecule has 0 spiro atoms. The van der Waals surface area contributed by atoms with Gasteiger partial charge in [-0.3, -0.25) is 4.79 Å². The van der Waals surface area contributed by atoms with Crippen molar-refractivity contribution in [1.29, 1.82) is 0 Å². The van der Waals surface area contributed by atoms with Crippen molar-refractivity contribution in [3.05, 3.63) is 83.1 Å². The number of benzene rings is 2. The lowest BCUT2D eigenvalue weighted by molar-refractivity contribution is 0.0526. The van der Waals surface area contributed by atoms with Gasteiger partial charge in [-0.2, -0.15) is 5.10 Å². The number of amides is 1. The molecule has 1 aromatic heterocycles. The zero-order valence-electron chi connectivity index (χ0n) is 15.6. The number of rotatable bonds is 6. The van der Waals surface area contributed by atoms with E-state index < -0.39 is 0 Å². The maximum Gasteiger partial charge on any atom is 0.338 e. The first-order chi connectivity index (χ1) is 13.6. The summed E-state index contributed by atoms with van der Waals surface area (Å²) in [6.07, 6.45) is 1.42. The van der Waals surface area contributed by atoms with E-state index in [4.69, 9.17) is 9.15 Å². The van der Waals surface area contributed by atoms with Crippen molar-refractivity contribution in [2.24, 2.45) is 5.10 Å². The van der Waals surface area contributed by atoms with Crippen LogP contribution in [0.4, 0.5) is 0 Å². The average molecular weight is 376 g/mol. The van der Waals surface area contributed by atoms with Crippen LogP contribution in [0.25, 0.3) is 11.3 Å². The highest BCUT2D eigenvalue weighted by atomic mass is 16.5. The topological polar surface area (TPSA) is 80.9 Å². The van der Waals surface area contributed by atoms with Gasteiger partial charge in [0.2, 0.25) is 0 Å². The lowest BCUT2D eigenvalue weighted by Crippen LogP contribution is -2.17. The molecule has 3 rings (SSSR count). The quantitative estimate of drug-likeness (QED) is 0.397. The first-order valence-corrected chi connectivity index (χ1v) is 8.84. The van der Waals surface area contributed by atoms with E-state index in [2.05, 4.69) is 10.5 Å². The maximum absolute atomic E-state index is 12.1. The summed E-state index contributed by atoms with van der Waals surface area (Å²) in [5.41, 5.74) is 5.20. The van der Waals surface area contributed by atoms with Gasteiger partial charge >= 0.3 is 5.97 Å². The normalized spacial score (nSPS) is 10.8. The van der Waals surface area contributed by atoms with Gasteiger partial charge in [0.25, 0.3) is 5.91 Å². The van der Waals surface area contributed by atoms with Crippen LogP contribution in [-0.2, 0) is 4.74 Å². The van der Waals surface area contributed by atoms with Crippen molar-refractivity contribution in [3.63, 3.8) is 0 Å². The molecule has 142 valence electrons. The zero-order valence-corrected chi connectivity index (χ0v) is 15.6. The number of nitrogens with one attached hydrogen (secondary N) is 1. The highest BCUT2D eigenvalue weighted by molar-refractivity contribution is 5.95. The Balaban J connectivity index is 1.67. The summed E-state index contributed by atoms with van der Waals surface area (Å²) in [5.74, 6) is 0.379. The van der Waals surface area contributed by atoms with E-state index in [0.29, 0.717) is 29.3 Å². The minimum atomic E-state index is -0.378. The van der Waals surface area contributed by atoms with Gasteiger partial charge in [0.05, 0.1) is 18.4 Å². The van der Waals surface area contributed by atoms with Crippen molar-refractivity contribution in [2.45, 2.75) is 13.8 Å². The van der Waals surface area contributed by atoms with Gasteiger partial charge in [-0.1, -0.05) is 29.8 Å². The number of carbonyl (C=O) groups excluding carboxylic acids is 2. The Bertz CT molecular complexity index is 1020. The van der Waals surface area contributed by atoms with Gasteiger partial charge in [-0.15, -0.1) is 0 Å². The summed E-state index contributed by atoms with van der Waals surface area (Å²) in [5, 5.41) is 3.93. The Kier molecular flexibility index (Phi) is 6.01. The summed E-state index contributed by atoms with van der Waals surface area (Å²) >= 11 is 0. The maximum atomic E-state index is 12.1. The number of hydrazone groups is 1. The third-order valence-corrected chi connectivity index (χ3v) is 3.92. The highest BCUT2D eigenvalue weighted by Crippen LogP contribution is 2.23. The highest BCUT2D eigenvalue weighted by Gasteiger charge is 2.10. The van der Waals surface area contributed by atoms with Gasteiger partial charge in [0.1, 0.15) is 11.5 Å². The second-order valence-electron chi connectivity index (χ2n) is 6.07. The predicted molar refractivity (Wildman–Crippen MR) is 106 cm³/mol. The van der Waals surface area contributed by atoms with Crippen LogP contribution in [0.3, 0.4) is 0 Å². The monoisotopic (exact) mass is 376 g/mol. The summed E-state index contributed by atoms with van der Waals surface area (Å²) < 4.78 is 10.7. The number of hydrogen-bond acceptors (Lipinski definition) is 5. The predicted octanol–water partition coefficient (Wildman–Crippen LogP) is 4.20. The van der Waals surface area contributed by atoms with Crippen molar-refractivity contribution < 1.29 is 18.7 Å². The summed E-state index contributed by atoms with van der Waals surface area (Å²) in [7, 11) is 0. The zero-order chi connectivity index (χ0) is 19.9. The van der Waals surface area contributed by atoms with E-state index in [1.165, 1.54) is 6.21 Å². The van der Waals surface area contributed by atoms with Gasteiger partial charge < -0.3 is 9.15 Å². The van der Waals surface area contributed by atoms with E-state index in [0.717, 1.165) is 11.1 Å². The molecule has 1 heterocycles. The molecule has 0 saturated heterocycles. The van der Waals surface area contributed by atoms with Gasteiger partial charge in [0, 0.05) is 11.1 Å². The van der Waals surface area contributed by atoms with E-state index in [-0.39, 0.29) is 11.9 Å². The third kappa shape index (κ3) is 4.73. The fourth-order valence-electron chi connectivity index (χ4n) is 2.60. The lowest BCUT2D eigenvalue weighted by Gasteiger charge is -2.03. The molecule has 0 aliphatic rings. The first-order valence-electron chi connectivity index (χ1n) is 8.84. The molecule has 6 nitrogen and oxygen atoms in total. The van der Waals surface area contributed by atoms with Crippen molar-refractivity contribution in [2.75, 3.05) is 6.61 Å². The second-order valence-corrected chi connectivity index (χ2v) is 6.07. The van der Waals surface area contributed by atoms with Crippen molar-refractivity contribution in [1.82, 2.24) is 5.43 Å². The number of nitrogens with zero attached hydrogens (tertiary/aromatic N) is 1. The number of furan rings is 1. The van der Waals surface area contributed by atoms with E-state index in [1.807, 2.05) is 25.1 Å². The van der Waals surface area contributed by atoms with Crippen molar-refractivity contribution in [3.8, 4) is 11.3 Å². The second kappa shape index (κ2) is 8.81. The van der Waals surface area contributed by atoms with Gasteiger partial charge in [-0.05, 0) is 50.2 Å². The molecule has 0 aliphatic carbocycles. The Labute approximate surface area is 162 Å². The largest absolute Gasteiger partial charge is 0.462 e. The van der Waals surface area contributed by atoms with Crippen LogP contribution in [0.15, 0.2) is 70.2 Å². The van der Waals surface area contributed by atoms with Crippen LogP contribution in [-0.4, -0.2) is 24.7 Å². The van der Waals surface area contributed by atoms with E-state index in [1.54, 1.807) is 49.4 Å². The molecule has 2 aromatic carbocycles. The van der Waals surface area contributed by atoms with Gasteiger partial charge in [0.15, 0.2) is 0 Å². The molecule has 0 atom stereocenters. The molecule has 1 amide bonds. The van der Waals surface area contributed by atoms with Crippen LogP contribution in [0.2, 0.25) is 0 Å². The first kappa shape index (κ1) is 19.1. The van der Waals surface area contributed by atoms with Gasteiger partial charge in [-0.25, -0.2) is 10.2 Å². The summed E-state index contributed by atoms with van der Waals surface area (Å²) in [6, 6.07) is 17.7. The molecule has 3 aromatic rings. The Morgan fingerprint density at radius 1 is 1.07 bits per heavy atom. The number of ether oxygens (including phenoxy) is 1. The molecule has 0 radical (unpaired) electrons. The van der Waals surface area contributed by atoms with Crippen LogP contribution in [0, 0.1) is 6.92 Å². The SMILES string of the molecule is CCOC(=O)c1cccc(-c2ccc(/C=N/NC(=O)c3cccc(C)c3)o2)c1. The molecule has 0 aliphatic heterocycles. The number of esters is 1. The number of aryl methyl sites for hydroxylation is 1. The standard InChI is InChI=1S/C22H20N2O4/c1-3-27-22(26)18-9-5-7-16(13-18)20-11-10-19(28-20)14-23-24-21(25)17-8-4-6-15(2)12-17/h4-14H,3H2,1-2H3,(H,24,25)/b23-14+. The summed E-state index contributed by atoms with van der Waals surface area (Å²) in [6.45, 7) is 4.00. The third-order valence-electron chi connectivity index (χ3n) is 3.92. The molecule has 28 heavy (non-hydrogen) atoms. The van der Waals surface area contributed by atoms with Crippen LogP contribution >= 0.6 is 0 Å². The Hall–Kier alpha value is -3.67. The lowest BCUT2D eigenvalue weighted by atomic mass is 10.1. The molecule has 1 N–H and O–H groups in total. The minimum Gasteiger partial charge on any atom is -0.462 e. The Morgan fingerprint density at radius 3 is 2.64 bits per heavy atom. The Morgan fingerprint density at radius 2 is 1.86 bits per heavy atom. The van der Waals surface area contributed by atoms with E-state index in [9.17, 15) is 9.59 Å². The average Bonchev–Trinajstić information content (AvgIpc) is 3.17. The molecule has 0 fully saturated rings. The molecule has 0 bridgehead atoms. The molecular weight excluding hydrogens is 356 g/mol. The molecule has 0 unspecified atom stereocenters. The minimum absolute atomic E-state index is 0.297. The molecule has 6 heteroatoms. The van der Waals surface area contributed by atoms with Crippen molar-refractivity contribution >= 4 is 18.1 Å². The van der Waals surface area contributed by atoms with E-state index >= 15 is 0 Å². The molecular formula is C22H20N2O4. The van der Waals surface area contributed by atoms with Crippen LogP contribution < -0.4 is 5.43 Å². The fraction of sp³-hybridized carbons (Fsp3) is 0.136. The fourth-order valence-corrected chi connectivity index (χ4v) is 2.60. The van der Waals surface area contributed by atoms with Crippen LogP contribution in [0.5, 0.6) is 0 Å². The molecule has 0 saturated carbocycles. The summed E-state index contributed by atoms with van der Waals surface area (Å²) in [4.78, 5) is 23.9. The smallest absolute Gasteiger partial charge is 0.338 e. The number of hydrogen-bond donors (Lipinski definition) is 1. The number of carbonyl (C=O) groups is 2.